The zero-order valence-electron chi connectivity index (χ0n) is 22.6. The molecule has 1 aromatic heterocycles. The normalized spacial score (nSPS) is 12.8. The van der Waals surface area contributed by atoms with Crippen LogP contribution >= 0.6 is 0 Å². The van der Waals surface area contributed by atoms with Gasteiger partial charge in [-0.1, -0.05) is 30.3 Å². The topological polar surface area (TPSA) is 144 Å². The highest BCUT2D eigenvalue weighted by molar-refractivity contribution is 7.90. The van der Waals surface area contributed by atoms with Gasteiger partial charge in [0, 0.05) is 36.1 Å². The molecule has 0 saturated heterocycles. The summed E-state index contributed by atoms with van der Waals surface area (Å²) in [5.74, 6) is -0.177. The van der Waals surface area contributed by atoms with Gasteiger partial charge in [0.2, 0.25) is 0 Å². The molecule has 2 amide bonds. The average molecular weight is 595 g/mol. The molecule has 2 heterocycles. The number of benzene rings is 3. The van der Waals surface area contributed by atoms with Crippen molar-refractivity contribution in [2.45, 2.75) is 19.6 Å². The van der Waals surface area contributed by atoms with Crippen molar-refractivity contribution in [2.75, 3.05) is 24.2 Å². The Labute approximate surface area is 241 Å². The van der Waals surface area contributed by atoms with Crippen LogP contribution in [0.3, 0.4) is 0 Å². The SMILES string of the molecule is CNS(=O)(=O)Nc1cccc(CN2Cc3ccc(NC(=O)c4cnn(Cc5ccc(OC)cc5)c4)cc3OC2=O)c1F. The van der Waals surface area contributed by atoms with E-state index in [-0.39, 0.29) is 36.0 Å². The molecule has 0 bridgehead atoms. The van der Waals surface area contributed by atoms with E-state index >= 15 is 0 Å². The van der Waals surface area contributed by atoms with Crippen molar-refractivity contribution in [1.82, 2.24) is 19.4 Å². The molecule has 218 valence electrons. The lowest BCUT2D eigenvalue weighted by atomic mass is 10.1. The molecule has 3 aromatic carbocycles. The van der Waals surface area contributed by atoms with Gasteiger partial charge in [-0.05, 0) is 29.8 Å². The minimum absolute atomic E-state index is 0.100. The van der Waals surface area contributed by atoms with Crippen LogP contribution < -0.4 is 24.2 Å². The molecule has 1 aliphatic heterocycles. The van der Waals surface area contributed by atoms with E-state index in [1.54, 1.807) is 30.1 Å². The van der Waals surface area contributed by atoms with Gasteiger partial charge in [0.15, 0.2) is 5.82 Å². The standard InChI is InChI=1S/C28H27FN6O6S/c1-30-42(38,39)33-24-5-3-4-20(26(24)29)16-34-15-19-8-9-22(12-25(19)41-28(34)37)32-27(36)21-13-31-35(17-21)14-18-6-10-23(40-2)11-7-18/h3-13,17,30,33H,14-16H2,1-2H3,(H,32,36). The van der Waals surface area contributed by atoms with Crippen molar-refractivity contribution in [3.63, 3.8) is 0 Å². The van der Waals surface area contributed by atoms with E-state index in [2.05, 4.69) is 19.9 Å². The van der Waals surface area contributed by atoms with Crippen LogP contribution in [0, 0.1) is 5.82 Å². The predicted molar refractivity (Wildman–Crippen MR) is 152 cm³/mol. The predicted octanol–water partition coefficient (Wildman–Crippen LogP) is 3.72. The number of nitrogens with one attached hydrogen (secondary N) is 3. The Morgan fingerprint density at radius 1 is 1.12 bits per heavy atom. The number of hydrogen-bond donors (Lipinski definition) is 3. The van der Waals surface area contributed by atoms with Gasteiger partial charge >= 0.3 is 6.09 Å². The highest BCUT2D eigenvalue weighted by atomic mass is 32.2. The van der Waals surface area contributed by atoms with Crippen molar-refractivity contribution in [1.29, 1.82) is 0 Å². The Morgan fingerprint density at radius 2 is 1.90 bits per heavy atom. The number of anilines is 2. The largest absolute Gasteiger partial charge is 0.497 e. The molecule has 0 atom stereocenters. The Bertz CT molecular complexity index is 1740. The first-order valence-corrected chi connectivity index (χ1v) is 14.2. The van der Waals surface area contributed by atoms with Gasteiger partial charge in [-0.3, -0.25) is 19.1 Å². The maximum Gasteiger partial charge on any atom is 0.415 e. The molecule has 1 aliphatic rings. The maximum atomic E-state index is 15.0. The van der Waals surface area contributed by atoms with Crippen LogP contribution in [0.4, 0.5) is 20.6 Å². The molecule has 0 spiro atoms. The average Bonchev–Trinajstić information content (AvgIpc) is 3.44. The summed E-state index contributed by atoms with van der Waals surface area (Å²) < 4.78 is 54.9. The summed E-state index contributed by atoms with van der Waals surface area (Å²) >= 11 is 0. The molecule has 0 fully saturated rings. The van der Waals surface area contributed by atoms with E-state index in [1.807, 2.05) is 24.3 Å². The number of carbonyl (C=O) groups is 2. The van der Waals surface area contributed by atoms with Crippen molar-refractivity contribution >= 4 is 33.6 Å². The van der Waals surface area contributed by atoms with E-state index < -0.39 is 22.1 Å². The quantitative estimate of drug-likeness (QED) is 0.254. The fourth-order valence-corrected chi connectivity index (χ4v) is 4.83. The fraction of sp³-hybridized carbons (Fsp3) is 0.179. The van der Waals surface area contributed by atoms with Gasteiger partial charge in [-0.15, -0.1) is 0 Å². The second kappa shape index (κ2) is 11.9. The van der Waals surface area contributed by atoms with Crippen LogP contribution in [0.15, 0.2) is 73.1 Å². The number of methoxy groups -OCH3 is 1. The van der Waals surface area contributed by atoms with E-state index in [0.29, 0.717) is 23.4 Å². The molecular weight excluding hydrogens is 567 g/mol. The minimum Gasteiger partial charge on any atom is -0.497 e. The van der Waals surface area contributed by atoms with Crippen LogP contribution in [-0.4, -0.2) is 49.3 Å². The number of nitrogens with zero attached hydrogens (tertiary/aromatic N) is 3. The van der Waals surface area contributed by atoms with E-state index in [4.69, 9.17) is 9.47 Å². The summed E-state index contributed by atoms with van der Waals surface area (Å²) in [5, 5.41) is 7.04. The summed E-state index contributed by atoms with van der Waals surface area (Å²) in [6.07, 6.45) is 2.38. The number of aromatic nitrogens is 2. The Hall–Kier alpha value is -4.95. The number of carbonyl (C=O) groups excluding carboxylic acids is 2. The lowest BCUT2D eigenvalue weighted by Crippen LogP contribution is -2.36. The van der Waals surface area contributed by atoms with Gasteiger partial charge in [-0.2, -0.15) is 13.5 Å². The number of ether oxygens (including phenoxy) is 2. The van der Waals surface area contributed by atoms with Crippen LogP contribution in [0.1, 0.15) is 27.0 Å². The highest BCUT2D eigenvalue weighted by Gasteiger charge is 2.27. The van der Waals surface area contributed by atoms with Gasteiger partial charge in [0.05, 0.1) is 44.2 Å². The number of halogens is 1. The minimum atomic E-state index is -3.92. The van der Waals surface area contributed by atoms with E-state index in [0.717, 1.165) is 11.3 Å². The van der Waals surface area contributed by atoms with E-state index in [1.165, 1.54) is 42.4 Å². The third-order valence-corrected chi connectivity index (χ3v) is 7.52. The van der Waals surface area contributed by atoms with Crippen molar-refractivity contribution in [2.24, 2.45) is 0 Å². The van der Waals surface area contributed by atoms with Crippen molar-refractivity contribution in [3.8, 4) is 11.5 Å². The molecule has 42 heavy (non-hydrogen) atoms. The zero-order chi connectivity index (χ0) is 29.9. The molecule has 0 aliphatic carbocycles. The van der Waals surface area contributed by atoms with E-state index in [9.17, 15) is 22.4 Å². The first-order chi connectivity index (χ1) is 20.1. The molecule has 5 rings (SSSR count). The first-order valence-electron chi connectivity index (χ1n) is 12.7. The maximum absolute atomic E-state index is 15.0. The Balaban J connectivity index is 1.23. The molecule has 4 aromatic rings. The van der Waals surface area contributed by atoms with Gasteiger partial charge in [0.25, 0.3) is 16.1 Å². The number of rotatable bonds is 10. The summed E-state index contributed by atoms with van der Waals surface area (Å²) in [6, 6.07) is 16.6. The smallest absolute Gasteiger partial charge is 0.415 e. The highest BCUT2D eigenvalue weighted by Crippen LogP contribution is 2.31. The Morgan fingerprint density at radius 3 is 2.64 bits per heavy atom. The Kier molecular flexibility index (Phi) is 8.08. The molecule has 3 N–H and O–H groups in total. The molecule has 0 unspecified atom stereocenters. The monoisotopic (exact) mass is 594 g/mol. The van der Waals surface area contributed by atoms with Crippen LogP contribution in [0.2, 0.25) is 0 Å². The zero-order valence-corrected chi connectivity index (χ0v) is 23.4. The van der Waals surface area contributed by atoms with Gasteiger partial charge in [0.1, 0.15) is 11.5 Å². The lowest BCUT2D eigenvalue weighted by Gasteiger charge is -2.28. The van der Waals surface area contributed by atoms with Crippen LogP contribution in [-0.2, 0) is 29.8 Å². The first kappa shape index (κ1) is 28.6. The van der Waals surface area contributed by atoms with Crippen molar-refractivity contribution in [3.05, 3.63) is 101 Å². The van der Waals surface area contributed by atoms with Crippen molar-refractivity contribution < 1.29 is 31.9 Å². The van der Waals surface area contributed by atoms with Crippen LogP contribution in [0.5, 0.6) is 11.5 Å². The third kappa shape index (κ3) is 6.50. The molecule has 0 saturated carbocycles. The summed E-state index contributed by atoms with van der Waals surface area (Å²) in [6.45, 7) is 0.437. The van der Waals surface area contributed by atoms with Crippen LogP contribution in [0.25, 0.3) is 0 Å². The number of hydrogen-bond acceptors (Lipinski definition) is 7. The van der Waals surface area contributed by atoms with Gasteiger partial charge < -0.3 is 14.8 Å². The molecule has 12 nitrogen and oxygen atoms in total. The summed E-state index contributed by atoms with van der Waals surface area (Å²) in [5.41, 5.74) is 2.25. The number of fused-ring (bicyclic) bond motifs is 1. The lowest BCUT2D eigenvalue weighted by molar-refractivity contribution is 0.102. The summed E-state index contributed by atoms with van der Waals surface area (Å²) in [7, 11) is -1.13. The third-order valence-electron chi connectivity index (χ3n) is 6.49. The molecular formula is C28H27FN6O6S. The summed E-state index contributed by atoms with van der Waals surface area (Å²) in [4.78, 5) is 26.9. The second-order valence-corrected chi connectivity index (χ2v) is 11.0. The fourth-order valence-electron chi connectivity index (χ4n) is 4.28. The number of amides is 2. The second-order valence-electron chi connectivity index (χ2n) is 9.36. The van der Waals surface area contributed by atoms with Gasteiger partial charge in [-0.25, -0.2) is 13.9 Å². The molecule has 0 radical (unpaired) electrons. The molecule has 14 heteroatoms.